The first-order chi connectivity index (χ1) is 8.63. The van der Waals surface area contributed by atoms with Crippen molar-refractivity contribution < 1.29 is 19.1 Å². The number of carbonyl (C=O) groups is 2. The van der Waals surface area contributed by atoms with Crippen molar-refractivity contribution in [3.63, 3.8) is 0 Å². The second-order valence-electron chi connectivity index (χ2n) is 3.71. The number of esters is 2. The maximum Gasteiger partial charge on any atom is 0.341 e. The van der Waals surface area contributed by atoms with E-state index in [1.165, 1.54) is 0 Å². The molecular weight excluding hydrogens is 258 g/mol. The van der Waals surface area contributed by atoms with Crippen LogP contribution in [0.3, 0.4) is 0 Å². The summed E-state index contributed by atoms with van der Waals surface area (Å²) >= 11 is 5.94. The maximum atomic E-state index is 11.8. The minimum absolute atomic E-state index is 0.0807. The summed E-state index contributed by atoms with van der Waals surface area (Å²) in [6.07, 6.45) is 0. The van der Waals surface area contributed by atoms with Crippen LogP contribution in [0.2, 0.25) is 5.02 Å². The van der Waals surface area contributed by atoms with Gasteiger partial charge in [0.05, 0.1) is 17.3 Å². The molecule has 18 heavy (non-hydrogen) atoms. The monoisotopic (exact) mass is 269 g/mol. The Kier molecular flexibility index (Phi) is 3.72. The van der Waals surface area contributed by atoms with Gasteiger partial charge in [0.15, 0.2) is 6.04 Å². The molecule has 1 aromatic carbocycles. The smallest absolute Gasteiger partial charge is 0.341 e. The number of benzene rings is 1. The zero-order chi connectivity index (χ0) is 13.1. The van der Waals surface area contributed by atoms with Crippen molar-refractivity contribution in [2.24, 2.45) is 0 Å². The van der Waals surface area contributed by atoms with E-state index in [1.54, 1.807) is 25.1 Å². The van der Waals surface area contributed by atoms with E-state index in [0.29, 0.717) is 5.69 Å². The fourth-order valence-corrected chi connectivity index (χ4v) is 1.93. The minimum atomic E-state index is -0.714. The predicted octanol–water partition coefficient (Wildman–Crippen LogP) is 1.85. The molecule has 0 radical (unpaired) electrons. The molecule has 0 aliphatic carbocycles. The highest BCUT2D eigenvalue weighted by molar-refractivity contribution is 6.34. The van der Waals surface area contributed by atoms with Gasteiger partial charge in [0.2, 0.25) is 0 Å². The molecule has 1 aromatic rings. The first-order valence-corrected chi connectivity index (χ1v) is 5.90. The van der Waals surface area contributed by atoms with Crippen LogP contribution in [-0.4, -0.2) is 31.2 Å². The number of nitrogens with one attached hydrogen (secondary N) is 1. The van der Waals surface area contributed by atoms with Crippen LogP contribution >= 0.6 is 11.6 Å². The van der Waals surface area contributed by atoms with E-state index in [2.05, 4.69) is 5.32 Å². The second kappa shape index (κ2) is 5.27. The lowest BCUT2D eigenvalue weighted by atomic mass is 10.1. The number of rotatable bonds is 2. The van der Waals surface area contributed by atoms with Crippen molar-refractivity contribution >= 4 is 29.2 Å². The van der Waals surface area contributed by atoms with Crippen LogP contribution in [0.15, 0.2) is 18.2 Å². The van der Waals surface area contributed by atoms with Crippen molar-refractivity contribution in [2.75, 3.05) is 18.5 Å². The number of fused-ring (bicyclic) bond motifs is 1. The van der Waals surface area contributed by atoms with E-state index < -0.39 is 18.0 Å². The Morgan fingerprint density at radius 1 is 1.61 bits per heavy atom. The fourth-order valence-electron chi connectivity index (χ4n) is 1.68. The Bertz CT molecular complexity index is 489. The van der Waals surface area contributed by atoms with Crippen LogP contribution in [0.1, 0.15) is 17.3 Å². The van der Waals surface area contributed by atoms with Gasteiger partial charge in [0.25, 0.3) is 0 Å². The summed E-state index contributed by atoms with van der Waals surface area (Å²) in [5, 5.41) is 3.20. The number of hydrogen-bond acceptors (Lipinski definition) is 5. The van der Waals surface area contributed by atoms with Crippen LogP contribution in [0.5, 0.6) is 0 Å². The Morgan fingerprint density at radius 3 is 3.11 bits per heavy atom. The number of halogens is 1. The summed E-state index contributed by atoms with van der Waals surface area (Å²) in [5.41, 5.74) is 0.717. The highest BCUT2D eigenvalue weighted by atomic mass is 35.5. The first kappa shape index (κ1) is 12.7. The average molecular weight is 270 g/mol. The molecule has 0 aromatic heterocycles. The van der Waals surface area contributed by atoms with Gasteiger partial charge in [0, 0.05) is 0 Å². The molecule has 1 aliphatic rings. The fraction of sp³-hybridized carbons (Fsp3) is 0.333. The molecule has 1 heterocycles. The van der Waals surface area contributed by atoms with Crippen molar-refractivity contribution in [2.45, 2.75) is 13.0 Å². The van der Waals surface area contributed by atoms with Crippen molar-refractivity contribution in [3.05, 3.63) is 28.8 Å². The van der Waals surface area contributed by atoms with Gasteiger partial charge in [-0.25, -0.2) is 9.59 Å². The number of hydrogen-bond donors (Lipinski definition) is 1. The molecule has 0 saturated heterocycles. The van der Waals surface area contributed by atoms with E-state index in [1.807, 2.05) is 0 Å². The summed E-state index contributed by atoms with van der Waals surface area (Å²) in [5.74, 6) is -1.01. The van der Waals surface area contributed by atoms with Crippen LogP contribution < -0.4 is 5.32 Å². The molecule has 0 fully saturated rings. The van der Waals surface area contributed by atoms with Crippen molar-refractivity contribution in [1.29, 1.82) is 0 Å². The second-order valence-corrected chi connectivity index (χ2v) is 4.12. The Morgan fingerprint density at radius 2 is 2.39 bits per heavy atom. The van der Waals surface area contributed by atoms with E-state index in [9.17, 15) is 9.59 Å². The Balaban J connectivity index is 2.31. The molecule has 96 valence electrons. The van der Waals surface area contributed by atoms with Gasteiger partial charge < -0.3 is 14.8 Å². The SMILES string of the molecule is CCOC(=O)C1COC(=O)c2c(Cl)cccc2N1. The molecule has 0 saturated carbocycles. The van der Waals surface area contributed by atoms with Gasteiger partial charge in [-0.15, -0.1) is 0 Å². The number of anilines is 1. The maximum absolute atomic E-state index is 11.8. The number of cyclic esters (lactones) is 1. The van der Waals surface area contributed by atoms with Crippen LogP contribution in [0, 0.1) is 0 Å². The van der Waals surface area contributed by atoms with Gasteiger partial charge >= 0.3 is 11.9 Å². The van der Waals surface area contributed by atoms with Crippen LogP contribution in [0.4, 0.5) is 5.69 Å². The molecule has 1 atom stereocenters. The summed E-state index contributed by atoms with van der Waals surface area (Å²) in [7, 11) is 0. The predicted molar refractivity (Wildman–Crippen MR) is 65.8 cm³/mol. The molecule has 5 nitrogen and oxygen atoms in total. The lowest BCUT2D eigenvalue weighted by molar-refractivity contribution is -0.144. The molecule has 6 heteroatoms. The molecule has 0 bridgehead atoms. The number of ether oxygens (including phenoxy) is 2. The summed E-state index contributed by atoms with van der Waals surface area (Å²) < 4.78 is 9.90. The minimum Gasteiger partial charge on any atom is -0.464 e. The molecule has 0 amide bonds. The quantitative estimate of drug-likeness (QED) is 0.830. The van der Waals surface area contributed by atoms with Crippen LogP contribution in [0.25, 0.3) is 0 Å². The summed E-state index contributed by atoms with van der Waals surface area (Å²) in [6.45, 7) is 1.90. The Hall–Kier alpha value is -1.75. The molecule has 1 unspecified atom stereocenters. The van der Waals surface area contributed by atoms with Crippen molar-refractivity contribution in [3.8, 4) is 0 Å². The third kappa shape index (κ3) is 2.41. The van der Waals surface area contributed by atoms with Crippen molar-refractivity contribution in [1.82, 2.24) is 0 Å². The third-order valence-corrected chi connectivity index (χ3v) is 2.81. The van der Waals surface area contributed by atoms with Gasteiger partial charge in [0.1, 0.15) is 12.2 Å². The lowest BCUT2D eigenvalue weighted by Crippen LogP contribution is -2.34. The third-order valence-electron chi connectivity index (χ3n) is 2.50. The largest absolute Gasteiger partial charge is 0.464 e. The zero-order valence-corrected chi connectivity index (χ0v) is 10.5. The number of carbonyl (C=O) groups excluding carboxylic acids is 2. The highest BCUT2D eigenvalue weighted by Crippen LogP contribution is 2.27. The first-order valence-electron chi connectivity index (χ1n) is 5.52. The zero-order valence-electron chi connectivity index (χ0n) is 9.73. The van der Waals surface area contributed by atoms with Gasteiger partial charge in [-0.2, -0.15) is 0 Å². The van der Waals surface area contributed by atoms with Gasteiger partial charge in [-0.3, -0.25) is 0 Å². The van der Waals surface area contributed by atoms with Crippen LogP contribution in [-0.2, 0) is 14.3 Å². The highest BCUT2D eigenvalue weighted by Gasteiger charge is 2.29. The summed E-state index contributed by atoms with van der Waals surface area (Å²) in [6, 6.07) is 4.23. The van der Waals surface area contributed by atoms with E-state index in [-0.39, 0.29) is 23.8 Å². The Labute approximate surface area is 109 Å². The molecule has 2 rings (SSSR count). The molecular formula is C12H12ClNO4. The lowest BCUT2D eigenvalue weighted by Gasteiger charge is -2.14. The standard InChI is InChI=1S/C12H12ClNO4/c1-2-17-11(15)9-6-18-12(16)10-7(13)4-3-5-8(10)14-9/h3-5,9,14H,2,6H2,1H3. The molecule has 0 spiro atoms. The summed E-state index contributed by atoms with van der Waals surface area (Å²) in [4.78, 5) is 23.4. The van der Waals surface area contributed by atoms with E-state index in [4.69, 9.17) is 21.1 Å². The molecule has 1 aliphatic heterocycles. The average Bonchev–Trinajstić information content (AvgIpc) is 2.50. The van der Waals surface area contributed by atoms with E-state index in [0.717, 1.165) is 0 Å². The topological polar surface area (TPSA) is 64.6 Å². The molecule has 1 N–H and O–H groups in total. The normalized spacial score (nSPS) is 18.1. The van der Waals surface area contributed by atoms with Gasteiger partial charge in [-0.05, 0) is 19.1 Å². The van der Waals surface area contributed by atoms with Gasteiger partial charge in [-0.1, -0.05) is 17.7 Å². The van der Waals surface area contributed by atoms with E-state index >= 15 is 0 Å².